The molecule has 0 heterocycles. The van der Waals surface area contributed by atoms with Crippen LogP contribution < -0.4 is 4.74 Å². The summed E-state index contributed by atoms with van der Waals surface area (Å²) in [4.78, 5) is 11.7. The predicted octanol–water partition coefficient (Wildman–Crippen LogP) is 4.01. The maximum atomic E-state index is 11.7. The van der Waals surface area contributed by atoms with Crippen LogP contribution in [0.5, 0.6) is 5.75 Å². The van der Waals surface area contributed by atoms with Crippen LogP contribution in [0, 0.1) is 5.92 Å². The Balaban J connectivity index is 2.51. The van der Waals surface area contributed by atoms with Crippen LogP contribution in [0.3, 0.4) is 0 Å². The molecule has 21 heavy (non-hydrogen) atoms. The average molecular weight is 292 g/mol. The standard InChI is InChI=1S/C17H24O4/c1-6-12(3)17(18)21-14(5)19-13(4)20-16-11-9-8-10-15(16)7-2/h7-14H,2,6H2,1,3-5H3. The van der Waals surface area contributed by atoms with Gasteiger partial charge in [0.2, 0.25) is 12.6 Å². The number of ether oxygens (including phenoxy) is 3. The Morgan fingerprint density at radius 2 is 1.90 bits per heavy atom. The van der Waals surface area contributed by atoms with Crippen molar-refractivity contribution in [3.63, 3.8) is 0 Å². The van der Waals surface area contributed by atoms with E-state index in [1.54, 1.807) is 19.9 Å². The lowest BCUT2D eigenvalue weighted by molar-refractivity contribution is -0.211. The molecule has 1 aromatic carbocycles. The minimum Gasteiger partial charge on any atom is -0.464 e. The quantitative estimate of drug-likeness (QED) is 0.536. The Morgan fingerprint density at radius 1 is 1.24 bits per heavy atom. The average Bonchev–Trinajstić information content (AvgIpc) is 2.46. The van der Waals surface area contributed by atoms with Crippen molar-refractivity contribution in [2.24, 2.45) is 5.92 Å². The van der Waals surface area contributed by atoms with Crippen molar-refractivity contribution in [1.82, 2.24) is 0 Å². The van der Waals surface area contributed by atoms with E-state index in [0.29, 0.717) is 5.75 Å². The molecule has 3 unspecified atom stereocenters. The first-order valence-electron chi connectivity index (χ1n) is 7.22. The van der Waals surface area contributed by atoms with Crippen LogP contribution in [0.2, 0.25) is 0 Å². The highest BCUT2D eigenvalue weighted by molar-refractivity contribution is 5.71. The molecule has 0 aromatic heterocycles. The molecule has 0 spiro atoms. The molecule has 0 aliphatic rings. The number of carbonyl (C=O) groups is 1. The monoisotopic (exact) mass is 292 g/mol. The van der Waals surface area contributed by atoms with Gasteiger partial charge in [0.1, 0.15) is 5.75 Å². The lowest BCUT2D eigenvalue weighted by Gasteiger charge is -2.22. The third kappa shape index (κ3) is 5.60. The van der Waals surface area contributed by atoms with E-state index < -0.39 is 12.6 Å². The van der Waals surface area contributed by atoms with E-state index in [-0.39, 0.29) is 11.9 Å². The highest BCUT2D eigenvalue weighted by Crippen LogP contribution is 2.21. The van der Waals surface area contributed by atoms with Crippen molar-refractivity contribution in [3.8, 4) is 5.75 Å². The molecule has 0 saturated heterocycles. The molecule has 0 bridgehead atoms. The minimum absolute atomic E-state index is 0.131. The molecule has 0 saturated carbocycles. The zero-order valence-corrected chi connectivity index (χ0v) is 13.2. The third-order valence-corrected chi connectivity index (χ3v) is 3.11. The summed E-state index contributed by atoms with van der Waals surface area (Å²) in [6.45, 7) is 10.9. The maximum absolute atomic E-state index is 11.7. The molecule has 0 N–H and O–H groups in total. The van der Waals surface area contributed by atoms with Gasteiger partial charge in [-0.1, -0.05) is 44.7 Å². The summed E-state index contributed by atoms with van der Waals surface area (Å²) in [7, 11) is 0. The van der Waals surface area contributed by atoms with E-state index in [0.717, 1.165) is 12.0 Å². The van der Waals surface area contributed by atoms with Gasteiger partial charge in [0.15, 0.2) is 0 Å². The van der Waals surface area contributed by atoms with E-state index in [1.165, 1.54) is 0 Å². The van der Waals surface area contributed by atoms with Gasteiger partial charge in [-0.3, -0.25) is 4.79 Å². The van der Waals surface area contributed by atoms with Crippen molar-refractivity contribution in [3.05, 3.63) is 36.4 Å². The first-order chi connectivity index (χ1) is 9.97. The van der Waals surface area contributed by atoms with Crippen LogP contribution in [0.15, 0.2) is 30.8 Å². The summed E-state index contributed by atoms with van der Waals surface area (Å²) in [6, 6.07) is 7.53. The van der Waals surface area contributed by atoms with Crippen molar-refractivity contribution in [2.45, 2.75) is 46.7 Å². The van der Waals surface area contributed by atoms with Gasteiger partial charge in [0.25, 0.3) is 0 Å². The largest absolute Gasteiger partial charge is 0.464 e. The topological polar surface area (TPSA) is 44.8 Å². The second-order valence-corrected chi connectivity index (χ2v) is 4.88. The summed E-state index contributed by atoms with van der Waals surface area (Å²) in [5.41, 5.74) is 0.886. The number of benzene rings is 1. The SMILES string of the molecule is C=Cc1ccccc1OC(C)OC(C)OC(=O)C(C)CC. The van der Waals surface area contributed by atoms with Gasteiger partial charge < -0.3 is 14.2 Å². The zero-order valence-electron chi connectivity index (χ0n) is 13.2. The van der Waals surface area contributed by atoms with Gasteiger partial charge in [0, 0.05) is 5.56 Å². The Morgan fingerprint density at radius 3 is 2.52 bits per heavy atom. The second kappa shape index (κ2) is 8.47. The van der Waals surface area contributed by atoms with Gasteiger partial charge in [-0.2, -0.15) is 0 Å². The van der Waals surface area contributed by atoms with E-state index in [4.69, 9.17) is 14.2 Å². The highest BCUT2D eigenvalue weighted by atomic mass is 16.8. The maximum Gasteiger partial charge on any atom is 0.310 e. The lowest BCUT2D eigenvalue weighted by Crippen LogP contribution is -2.28. The van der Waals surface area contributed by atoms with Crippen LogP contribution in [0.25, 0.3) is 6.08 Å². The van der Waals surface area contributed by atoms with Crippen LogP contribution in [-0.4, -0.2) is 18.5 Å². The van der Waals surface area contributed by atoms with Crippen molar-refractivity contribution in [2.75, 3.05) is 0 Å². The summed E-state index contributed by atoms with van der Waals surface area (Å²) >= 11 is 0. The normalized spacial score (nSPS) is 14.9. The van der Waals surface area contributed by atoms with Gasteiger partial charge >= 0.3 is 5.97 Å². The first-order valence-corrected chi connectivity index (χ1v) is 7.22. The lowest BCUT2D eigenvalue weighted by atomic mass is 10.1. The summed E-state index contributed by atoms with van der Waals surface area (Å²) < 4.78 is 16.4. The molecule has 116 valence electrons. The highest BCUT2D eigenvalue weighted by Gasteiger charge is 2.18. The Hall–Kier alpha value is -1.81. The van der Waals surface area contributed by atoms with E-state index in [2.05, 4.69) is 6.58 Å². The van der Waals surface area contributed by atoms with Crippen molar-refractivity contribution in [1.29, 1.82) is 0 Å². The summed E-state index contributed by atoms with van der Waals surface area (Å²) in [6.07, 6.45) is 1.27. The molecule has 1 aromatic rings. The van der Waals surface area contributed by atoms with Gasteiger partial charge in [-0.05, 0) is 26.3 Å². The molecule has 0 fully saturated rings. The van der Waals surface area contributed by atoms with E-state index in [9.17, 15) is 4.79 Å². The van der Waals surface area contributed by atoms with Gasteiger partial charge in [0.05, 0.1) is 5.92 Å². The summed E-state index contributed by atoms with van der Waals surface area (Å²) in [5.74, 6) is 0.290. The molecule has 4 heteroatoms. The van der Waals surface area contributed by atoms with Crippen LogP contribution in [-0.2, 0) is 14.3 Å². The van der Waals surface area contributed by atoms with Gasteiger partial charge in [-0.15, -0.1) is 0 Å². The fourth-order valence-corrected chi connectivity index (χ4v) is 1.71. The Labute approximate surface area is 126 Å². The number of hydrogen-bond acceptors (Lipinski definition) is 4. The van der Waals surface area contributed by atoms with Crippen LogP contribution in [0.4, 0.5) is 0 Å². The molecule has 1 rings (SSSR count). The zero-order chi connectivity index (χ0) is 15.8. The number of esters is 1. The van der Waals surface area contributed by atoms with E-state index >= 15 is 0 Å². The number of rotatable bonds is 8. The van der Waals surface area contributed by atoms with Gasteiger partial charge in [-0.25, -0.2) is 0 Å². The molecular formula is C17H24O4. The molecule has 0 amide bonds. The smallest absolute Gasteiger partial charge is 0.310 e. The number of hydrogen-bond donors (Lipinski definition) is 0. The van der Waals surface area contributed by atoms with Crippen molar-refractivity contribution < 1.29 is 19.0 Å². The fourth-order valence-electron chi connectivity index (χ4n) is 1.71. The Kier molecular flexibility index (Phi) is 6.96. The molecule has 4 nitrogen and oxygen atoms in total. The predicted molar refractivity (Wildman–Crippen MR) is 82.7 cm³/mol. The first kappa shape index (κ1) is 17.2. The molecule has 0 aliphatic carbocycles. The number of carbonyl (C=O) groups excluding carboxylic acids is 1. The Bertz CT molecular complexity index is 470. The second-order valence-electron chi connectivity index (χ2n) is 4.88. The van der Waals surface area contributed by atoms with Crippen LogP contribution >= 0.6 is 0 Å². The van der Waals surface area contributed by atoms with Crippen LogP contribution in [0.1, 0.15) is 39.7 Å². The molecule has 3 atom stereocenters. The minimum atomic E-state index is -0.655. The number of para-hydroxylation sites is 1. The molecular weight excluding hydrogens is 268 g/mol. The third-order valence-electron chi connectivity index (χ3n) is 3.11. The van der Waals surface area contributed by atoms with Crippen molar-refractivity contribution >= 4 is 12.0 Å². The molecule has 0 aliphatic heterocycles. The molecule has 0 radical (unpaired) electrons. The summed E-state index contributed by atoms with van der Waals surface area (Å²) in [5, 5.41) is 0. The van der Waals surface area contributed by atoms with E-state index in [1.807, 2.05) is 38.1 Å². The fraction of sp³-hybridized carbons (Fsp3) is 0.471.